The van der Waals surface area contributed by atoms with Crippen molar-refractivity contribution in [2.75, 3.05) is 33.9 Å². The number of ether oxygens (including phenoxy) is 3. The van der Waals surface area contributed by atoms with Crippen molar-refractivity contribution in [2.45, 2.75) is 26.3 Å². The van der Waals surface area contributed by atoms with E-state index in [2.05, 4.69) is 20.2 Å². The zero-order valence-corrected chi connectivity index (χ0v) is 18.3. The van der Waals surface area contributed by atoms with Crippen LogP contribution >= 0.6 is 0 Å². The molecule has 0 radical (unpaired) electrons. The molecule has 166 valence electrons. The highest BCUT2D eigenvalue weighted by molar-refractivity contribution is 5.80. The number of carbonyl (C=O) groups excluding carboxylic acids is 1. The molecular weight excluding hydrogens is 396 g/mol. The molecule has 1 saturated heterocycles. The lowest BCUT2D eigenvalue weighted by molar-refractivity contribution is -0.146. The zero-order chi connectivity index (χ0) is 22.1. The van der Waals surface area contributed by atoms with Crippen molar-refractivity contribution in [3.05, 3.63) is 48.2 Å². The molecular formula is C23H30N4O4. The minimum absolute atomic E-state index is 0.0241. The van der Waals surface area contributed by atoms with E-state index in [9.17, 15) is 4.79 Å². The number of para-hydroxylation sites is 2. The molecule has 0 unspecified atom stereocenters. The summed E-state index contributed by atoms with van der Waals surface area (Å²) in [6, 6.07) is 11.3. The van der Waals surface area contributed by atoms with Crippen LogP contribution in [0.3, 0.4) is 0 Å². The molecule has 2 aromatic rings. The van der Waals surface area contributed by atoms with Crippen LogP contribution in [0.2, 0.25) is 0 Å². The van der Waals surface area contributed by atoms with Gasteiger partial charge in [0.1, 0.15) is 0 Å². The summed E-state index contributed by atoms with van der Waals surface area (Å²) in [5.74, 6) is 2.50. The maximum absolute atomic E-state index is 11.7. The van der Waals surface area contributed by atoms with E-state index < -0.39 is 0 Å². The van der Waals surface area contributed by atoms with Crippen molar-refractivity contribution in [1.29, 1.82) is 0 Å². The number of nitrogens with one attached hydrogen (secondary N) is 1. The Balaban J connectivity index is 1.52. The summed E-state index contributed by atoms with van der Waals surface area (Å²) in [4.78, 5) is 22.6. The molecule has 0 amide bonds. The summed E-state index contributed by atoms with van der Waals surface area (Å²) in [6.45, 7) is 4.63. The van der Waals surface area contributed by atoms with E-state index in [1.807, 2.05) is 43.3 Å². The molecule has 3 rings (SSSR count). The van der Waals surface area contributed by atoms with Crippen LogP contribution in [0.5, 0.6) is 17.4 Å². The van der Waals surface area contributed by atoms with Crippen molar-refractivity contribution in [3.63, 3.8) is 0 Å². The molecule has 2 heterocycles. The lowest BCUT2D eigenvalue weighted by Gasteiger charge is -2.33. The Morgan fingerprint density at radius 1 is 1.19 bits per heavy atom. The van der Waals surface area contributed by atoms with E-state index in [1.165, 1.54) is 7.11 Å². The monoisotopic (exact) mass is 426 g/mol. The molecule has 8 heteroatoms. The Morgan fingerprint density at radius 2 is 1.94 bits per heavy atom. The van der Waals surface area contributed by atoms with E-state index in [4.69, 9.17) is 14.2 Å². The smallest absolute Gasteiger partial charge is 0.308 e. The molecule has 0 atom stereocenters. The normalized spacial score (nSPS) is 14.8. The number of benzene rings is 1. The van der Waals surface area contributed by atoms with Gasteiger partial charge in [-0.2, -0.15) is 0 Å². The first-order valence-electron chi connectivity index (χ1n) is 10.5. The fourth-order valence-electron chi connectivity index (χ4n) is 3.50. The number of likely N-dealkylation sites (tertiary alicyclic amines) is 1. The van der Waals surface area contributed by atoms with Crippen LogP contribution in [-0.2, 0) is 16.1 Å². The number of hydrogen-bond acceptors (Lipinski definition) is 6. The topological polar surface area (TPSA) is 85.3 Å². The van der Waals surface area contributed by atoms with Crippen LogP contribution < -0.4 is 14.8 Å². The standard InChI is InChI=1S/C23H30N4O4/c1-4-30-19-7-5-6-8-20(19)31-21-10-9-17(15-25-21)16-26-23(24-2)27-13-11-18(12-14-27)22(28)29-3/h5-10,15,18H,4,11-14,16H2,1-3H3,(H,24,26). The van der Waals surface area contributed by atoms with Gasteiger partial charge in [0.2, 0.25) is 5.88 Å². The van der Waals surface area contributed by atoms with Crippen LogP contribution in [-0.4, -0.2) is 55.7 Å². The number of guanidine groups is 1. The van der Waals surface area contributed by atoms with Gasteiger partial charge in [0.15, 0.2) is 17.5 Å². The first kappa shape index (κ1) is 22.4. The molecule has 1 aromatic carbocycles. The molecule has 1 aliphatic heterocycles. The largest absolute Gasteiger partial charge is 0.490 e. The van der Waals surface area contributed by atoms with E-state index in [0.717, 1.165) is 37.5 Å². The first-order chi connectivity index (χ1) is 15.1. The number of piperidine rings is 1. The summed E-state index contributed by atoms with van der Waals surface area (Å²) in [5.41, 5.74) is 1.01. The van der Waals surface area contributed by atoms with Crippen LogP contribution in [0.4, 0.5) is 0 Å². The van der Waals surface area contributed by atoms with Gasteiger partial charge in [0, 0.05) is 38.9 Å². The van der Waals surface area contributed by atoms with Gasteiger partial charge in [-0.1, -0.05) is 18.2 Å². The van der Waals surface area contributed by atoms with Gasteiger partial charge in [-0.15, -0.1) is 0 Å². The van der Waals surface area contributed by atoms with E-state index in [0.29, 0.717) is 30.5 Å². The number of methoxy groups -OCH3 is 1. The van der Waals surface area contributed by atoms with Gasteiger partial charge in [-0.25, -0.2) is 4.98 Å². The van der Waals surface area contributed by atoms with Crippen molar-refractivity contribution < 1.29 is 19.0 Å². The molecule has 0 aliphatic carbocycles. The predicted molar refractivity (Wildman–Crippen MR) is 118 cm³/mol. The number of esters is 1. The van der Waals surface area contributed by atoms with Gasteiger partial charge in [-0.05, 0) is 37.5 Å². The summed E-state index contributed by atoms with van der Waals surface area (Å²) in [6.07, 6.45) is 3.32. The highest BCUT2D eigenvalue weighted by Crippen LogP contribution is 2.30. The average molecular weight is 427 g/mol. The number of carbonyl (C=O) groups is 1. The average Bonchev–Trinajstić information content (AvgIpc) is 2.82. The van der Waals surface area contributed by atoms with E-state index >= 15 is 0 Å². The third-order valence-corrected chi connectivity index (χ3v) is 5.15. The lowest BCUT2D eigenvalue weighted by Crippen LogP contribution is -2.46. The number of aliphatic imine (C=N–C) groups is 1. The van der Waals surface area contributed by atoms with Crippen LogP contribution in [0.1, 0.15) is 25.3 Å². The Bertz CT molecular complexity index is 877. The quantitative estimate of drug-likeness (QED) is 0.413. The second-order valence-corrected chi connectivity index (χ2v) is 7.17. The number of pyridine rings is 1. The molecule has 31 heavy (non-hydrogen) atoms. The number of rotatable bonds is 7. The molecule has 0 saturated carbocycles. The minimum Gasteiger partial charge on any atom is -0.490 e. The predicted octanol–water partition coefficient (Wildman–Crippen LogP) is 3.23. The maximum atomic E-state index is 11.7. The molecule has 0 bridgehead atoms. The molecule has 1 N–H and O–H groups in total. The van der Waals surface area contributed by atoms with Gasteiger partial charge >= 0.3 is 5.97 Å². The highest BCUT2D eigenvalue weighted by atomic mass is 16.5. The van der Waals surface area contributed by atoms with Crippen molar-refractivity contribution in [2.24, 2.45) is 10.9 Å². The van der Waals surface area contributed by atoms with E-state index in [1.54, 1.807) is 13.2 Å². The first-order valence-corrected chi connectivity index (χ1v) is 10.5. The zero-order valence-electron chi connectivity index (χ0n) is 18.3. The summed E-state index contributed by atoms with van der Waals surface area (Å²) < 4.78 is 16.3. The molecule has 1 fully saturated rings. The second-order valence-electron chi connectivity index (χ2n) is 7.17. The van der Waals surface area contributed by atoms with Crippen LogP contribution in [0.25, 0.3) is 0 Å². The van der Waals surface area contributed by atoms with Gasteiger partial charge in [0.25, 0.3) is 0 Å². The number of aromatic nitrogens is 1. The Morgan fingerprint density at radius 3 is 2.55 bits per heavy atom. The number of nitrogens with zero attached hydrogens (tertiary/aromatic N) is 3. The molecule has 1 aliphatic rings. The third kappa shape index (κ3) is 6.10. The lowest BCUT2D eigenvalue weighted by atomic mass is 9.97. The fraction of sp³-hybridized carbons (Fsp3) is 0.435. The van der Waals surface area contributed by atoms with Gasteiger partial charge in [0.05, 0.1) is 19.6 Å². The maximum Gasteiger partial charge on any atom is 0.308 e. The third-order valence-electron chi connectivity index (χ3n) is 5.15. The minimum atomic E-state index is -0.125. The van der Waals surface area contributed by atoms with Crippen molar-refractivity contribution in [1.82, 2.24) is 15.2 Å². The summed E-state index contributed by atoms with van der Waals surface area (Å²) >= 11 is 0. The van der Waals surface area contributed by atoms with E-state index in [-0.39, 0.29) is 11.9 Å². The van der Waals surface area contributed by atoms with Gasteiger partial charge < -0.3 is 24.4 Å². The molecule has 1 aromatic heterocycles. The summed E-state index contributed by atoms with van der Waals surface area (Å²) in [5, 5.41) is 3.37. The van der Waals surface area contributed by atoms with Crippen LogP contribution in [0.15, 0.2) is 47.6 Å². The molecule has 8 nitrogen and oxygen atoms in total. The Kier molecular flexibility index (Phi) is 8.09. The molecule has 0 spiro atoms. The van der Waals surface area contributed by atoms with Gasteiger partial charge in [-0.3, -0.25) is 9.79 Å². The Hall–Kier alpha value is -3.29. The summed E-state index contributed by atoms with van der Waals surface area (Å²) in [7, 11) is 3.21. The second kappa shape index (κ2) is 11.2. The Labute approximate surface area is 183 Å². The highest BCUT2D eigenvalue weighted by Gasteiger charge is 2.26. The van der Waals surface area contributed by atoms with Crippen LogP contribution in [0, 0.1) is 5.92 Å². The van der Waals surface area contributed by atoms with Crippen molar-refractivity contribution >= 4 is 11.9 Å². The number of hydrogen-bond donors (Lipinski definition) is 1. The SMILES string of the molecule is CCOc1ccccc1Oc1ccc(CNC(=NC)N2CCC(C(=O)OC)CC2)cn1. The van der Waals surface area contributed by atoms with Crippen molar-refractivity contribution in [3.8, 4) is 17.4 Å². The fourth-order valence-corrected chi connectivity index (χ4v) is 3.50.